The quantitative estimate of drug-likeness (QED) is 0.705. The van der Waals surface area contributed by atoms with Crippen LogP contribution in [0.25, 0.3) is 5.69 Å². The third-order valence-corrected chi connectivity index (χ3v) is 2.26. The van der Waals surface area contributed by atoms with Crippen molar-refractivity contribution >= 4 is 12.3 Å². The van der Waals surface area contributed by atoms with E-state index >= 15 is 0 Å². The van der Waals surface area contributed by atoms with Crippen molar-refractivity contribution < 1.29 is 14.7 Å². The van der Waals surface area contributed by atoms with Crippen LogP contribution in [0.5, 0.6) is 0 Å². The zero-order valence-electron chi connectivity index (χ0n) is 8.29. The van der Waals surface area contributed by atoms with Crippen LogP contribution in [0.4, 0.5) is 0 Å². The van der Waals surface area contributed by atoms with Crippen LogP contribution < -0.4 is 5.11 Å². The van der Waals surface area contributed by atoms with Crippen molar-refractivity contribution in [1.82, 2.24) is 4.57 Å². The van der Waals surface area contributed by atoms with E-state index in [4.69, 9.17) is 0 Å². The Morgan fingerprint density at radius 3 is 2.75 bits per heavy atom. The number of benzene rings is 1. The van der Waals surface area contributed by atoms with Gasteiger partial charge in [0.1, 0.15) is 0 Å². The van der Waals surface area contributed by atoms with Crippen LogP contribution in [0, 0.1) is 0 Å². The molecule has 0 spiro atoms. The minimum absolute atomic E-state index is 0.0862. The number of hydrogen-bond donors (Lipinski definition) is 0. The number of aromatic carboxylic acids is 1. The Morgan fingerprint density at radius 2 is 2.06 bits per heavy atom. The van der Waals surface area contributed by atoms with Crippen molar-refractivity contribution in [3.8, 4) is 5.69 Å². The first kappa shape index (κ1) is 10.2. The molecule has 2 rings (SSSR count). The lowest BCUT2D eigenvalue weighted by Crippen LogP contribution is -2.22. The Morgan fingerprint density at radius 1 is 1.25 bits per heavy atom. The minimum atomic E-state index is -1.23. The van der Waals surface area contributed by atoms with Crippen molar-refractivity contribution in [2.75, 3.05) is 0 Å². The monoisotopic (exact) mass is 214 g/mol. The van der Waals surface area contributed by atoms with Gasteiger partial charge in [-0.05, 0) is 29.8 Å². The summed E-state index contributed by atoms with van der Waals surface area (Å²) < 4.78 is 1.61. The van der Waals surface area contributed by atoms with Crippen LogP contribution in [-0.4, -0.2) is 16.8 Å². The van der Waals surface area contributed by atoms with Crippen molar-refractivity contribution in [2.45, 2.75) is 0 Å². The number of carboxylic acids is 1. The van der Waals surface area contributed by atoms with Gasteiger partial charge in [-0.2, -0.15) is 0 Å². The molecule has 0 amide bonds. The molecule has 4 heteroatoms. The summed E-state index contributed by atoms with van der Waals surface area (Å²) in [6, 6.07) is 9.61. The largest absolute Gasteiger partial charge is 0.545 e. The molecule has 0 aliphatic rings. The highest BCUT2D eigenvalue weighted by Crippen LogP contribution is 2.13. The standard InChI is InChI=1S/C12H9NO3/c14-8-11-5-2-6-13(11)10-4-1-3-9(7-10)12(15)16/h1-8H,(H,15,16)/p-1. The third kappa shape index (κ3) is 1.72. The molecule has 0 saturated carbocycles. The van der Waals surface area contributed by atoms with Crippen molar-refractivity contribution in [3.63, 3.8) is 0 Å². The zero-order chi connectivity index (χ0) is 11.5. The van der Waals surface area contributed by atoms with Crippen LogP contribution in [0.15, 0.2) is 42.6 Å². The molecule has 0 aliphatic heterocycles. The summed E-state index contributed by atoms with van der Waals surface area (Å²) in [5, 5.41) is 10.7. The number of nitrogens with zero attached hydrogens (tertiary/aromatic N) is 1. The number of hydrogen-bond acceptors (Lipinski definition) is 3. The molecule has 2 aromatic rings. The molecule has 0 aliphatic carbocycles. The normalized spacial score (nSPS) is 10.0. The van der Waals surface area contributed by atoms with Gasteiger partial charge in [0.15, 0.2) is 6.29 Å². The lowest BCUT2D eigenvalue weighted by Gasteiger charge is -2.08. The molecule has 16 heavy (non-hydrogen) atoms. The molecule has 1 heterocycles. The fourth-order valence-electron chi connectivity index (χ4n) is 1.51. The average molecular weight is 214 g/mol. The molecule has 4 nitrogen and oxygen atoms in total. The predicted octanol–water partition coefficient (Wildman–Crippen LogP) is 0.653. The first-order valence-electron chi connectivity index (χ1n) is 4.66. The molecule has 0 unspecified atom stereocenters. The van der Waals surface area contributed by atoms with Crippen molar-refractivity contribution in [1.29, 1.82) is 0 Å². The molecule has 80 valence electrons. The maximum atomic E-state index is 10.7. The number of aromatic nitrogens is 1. The van der Waals surface area contributed by atoms with Crippen molar-refractivity contribution in [3.05, 3.63) is 53.9 Å². The summed E-state index contributed by atoms with van der Waals surface area (Å²) in [6.45, 7) is 0. The summed E-state index contributed by atoms with van der Waals surface area (Å²) in [7, 11) is 0. The second kappa shape index (κ2) is 4.02. The van der Waals surface area contributed by atoms with Crippen LogP contribution in [-0.2, 0) is 0 Å². The first-order chi connectivity index (χ1) is 7.72. The molecular weight excluding hydrogens is 206 g/mol. The van der Waals surface area contributed by atoms with Gasteiger partial charge in [-0.1, -0.05) is 12.1 Å². The Hall–Kier alpha value is -2.36. The molecule has 1 aromatic heterocycles. The topological polar surface area (TPSA) is 62.1 Å². The summed E-state index contributed by atoms with van der Waals surface area (Å²) >= 11 is 0. The van der Waals surface area contributed by atoms with E-state index in [1.807, 2.05) is 0 Å². The van der Waals surface area contributed by atoms with Crippen LogP contribution in [0.2, 0.25) is 0 Å². The Labute approximate surface area is 91.8 Å². The van der Waals surface area contributed by atoms with Crippen LogP contribution in [0.3, 0.4) is 0 Å². The molecule has 0 atom stereocenters. The number of carbonyl (C=O) groups excluding carboxylic acids is 2. The van der Waals surface area contributed by atoms with Gasteiger partial charge in [0, 0.05) is 11.9 Å². The van der Waals surface area contributed by atoms with E-state index < -0.39 is 5.97 Å². The predicted molar refractivity (Wildman–Crippen MR) is 55.5 cm³/mol. The Kier molecular flexibility index (Phi) is 2.55. The molecule has 0 bridgehead atoms. The first-order valence-corrected chi connectivity index (χ1v) is 4.66. The van der Waals surface area contributed by atoms with Gasteiger partial charge in [0.05, 0.1) is 11.7 Å². The summed E-state index contributed by atoms with van der Waals surface area (Å²) in [4.78, 5) is 21.4. The molecular formula is C12H8NO3-. The van der Waals surface area contributed by atoms with Gasteiger partial charge < -0.3 is 14.5 Å². The second-order valence-corrected chi connectivity index (χ2v) is 3.26. The average Bonchev–Trinajstić information content (AvgIpc) is 2.77. The van der Waals surface area contributed by atoms with E-state index in [2.05, 4.69) is 0 Å². The minimum Gasteiger partial charge on any atom is -0.545 e. The van der Waals surface area contributed by atoms with Crippen LogP contribution >= 0.6 is 0 Å². The lowest BCUT2D eigenvalue weighted by atomic mass is 10.2. The van der Waals surface area contributed by atoms with Gasteiger partial charge in [-0.15, -0.1) is 0 Å². The number of carboxylic acid groups (broad SMARTS) is 1. The lowest BCUT2D eigenvalue weighted by molar-refractivity contribution is -0.255. The van der Waals surface area contributed by atoms with E-state index in [-0.39, 0.29) is 5.56 Å². The van der Waals surface area contributed by atoms with Crippen molar-refractivity contribution in [2.24, 2.45) is 0 Å². The van der Waals surface area contributed by atoms with Gasteiger partial charge in [0.25, 0.3) is 0 Å². The van der Waals surface area contributed by atoms with E-state index in [1.165, 1.54) is 12.1 Å². The fraction of sp³-hybridized carbons (Fsp3) is 0. The fourth-order valence-corrected chi connectivity index (χ4v) is 1.51. The highest BCUT2D eigenvalue weighted by Gasteiger charge is 2.02. The number of aldehydes is 1. The van der Waals surface area contributed by atoms with E-state index in [9.17, 15) is 14.7 Å². The number of rotatable bonds is 3. The zero-order valence-corrected chi connectivity index (χ0v) is 8.29. The highest BCUT2D eigenvalue weighted by molar-refractivity contribution is 5.86. The number of carbonyl (C=O) groups is 2. The second-order valence-electron chi connectivity index (χ2n) is 3.26. The molecule has 1 aromatic carbocycles. The van der Waals surface area contributed by atoms with E-state index in [0.717, 1.165) is 0 Å². The molecule has 0 radical (unpaired) electrons. The molecule has 0 fully saturated rings. The molecule has 0 N–H and O–H groups in total. The maximum Gasteiger partial charge on any atom is 0.166 e. The van der Waals surface area contributed by atoms with Gasteiger partial charge in [-0.25, -0.2) is 0 Å². The maximum absolute atomic E-state index is 10.7. The summed E-state index contributed by atoms with van der Waals surface area (Å²) in [6.07, 6.45) is 2.41. The smallest absolute Gasteiger partial charge is 0.166 e. The van der Waals surface area contributed by atoms with Crippen LogP contribution in [0.1, 0.15) is 20.8 Å². The van der Waals surface area contributed by atoms with Gasteiger partial charge >= 0.3 is 0 Å². The van der Waals surface area contributed by atoms with E-state index in [0.29, 0.717) is 17.7 Å². The Bertz CT molecular complexity index is 543. The molecule has 0 saturated heterocycles. The SMILES string of the molecule is O=Cc1cccn1-c1cccc(C(=O)[O-])c1. The van der Waals surface area contributed by atoms with Gasteiger partial charge in [0.2, 0.25) is 0 Å². The van der Waals surface area contributed by atoms with E-state index in [1.54, 1.807) is 35.0 Å². The summed E-state index contributed by atoms with van der Waals surface area (Å²) in [5.74, 6) is -1.23. The Balaban J connectivity index is 2.52. The third-order valence-electron chi connectivity index (χ3n) is 2.26. The van der Waals surface area contributed by atoms with Gasteiger partial charge in [-0.3, -0.25) is 4.79 Å². The highest BCUT2D eigenvalue weighted by atomic mass is 16.4. The summed E-state index contributed by atoms with van der Waals surface area (Å²) in [5.41, 5.74) is 1.17.